The molecule has 3 nitrogen and oxygen atoms in total. The standard InChI is InChI=1S/C17H27NO2/c1-16-8-12-7-13(9-16)11-17(10-12,20-16)18-15(19)14-5-3-2-4-6-14/h12-14H,2-11H2,1H3,(H,18,19). The Labute approximate surface area is 121 Å². The van der Waals surface area contributed by atoms with E-state index in [4.69, 9.17) is 4.74 Å². The molecule has 5 fully saturated rings. The van der Waals surface area contributed by atoms with E-state index in [1.165, 1.54) is 38.5 Å². The molecular weight excluding hydrogens is 250 g/mol. The molecule has 3 heteroatoms. The number of carbonyl (C=O) groups is 1. The Morgan fingerprint density at radius 1 is 1.05 bits per heavy atom. The van der Waals surface area contributed by atoms with Gasteiger partial charge in [0.05, 0.1) is 5.60 Å². The summed E-state index contributed by atoms with van der Waals surface area (Å²) in [6.07, 6.45) is 11.7. The molecule has 4 bridgehead atoms. The first-order valence-electron chi connectivity index (χ1n) is 8.58. The fourth-order valence-electron chi connectivity index (χ4n) is 5.73. The number of nitrogens with one attached hydrogen (secondary N) is 1. The molecule has 1 amide bonds. The summed E-state index contributed by atoms with van der Waals surface area (Å²) in [5, 5.41) is 3.36. The summed E-state index contributed by atoms with van der Waals surface area (Å²) in [4.78, 5) is 12.6. The van der Waals surface area contributed by atoms with Crippen LogP contribution in [-0.2, 0) is 9.53 Å². The maximum Gasteiger partial charge on any atom is 0.225 e. The minimum Gasteiger partial charge on any atom is -0.350 e. The molecule has 5 rings (SSSR count). The van der Waals surface area contributed by atoms with Gasteiger partial charge in [-0.3, -0.25) is 4.79 Å². The molecule has 20 heavy (non-hydrogen) atoms. The van der Waals surface area contributed by atoms with Crippen LogP contribution >= 0.6 is 0 Å². The van der Waals surface area contributed by atoms with Crippen molar-refractivity contribution in [3.63, 3.8) is 0 Å². The largest absolute Gasteiger partial charge is 0.350 e. The average Bonchev–Trinajstić information content (AvgIpc) is 2.36. The Hall–Kier alpha value is -0.570. The second-order valence-electron chi connectivity index (χ2n) is 8.15. The van der Waals surface area contributed by atoms with E-state index in [0.717, 1.165) is 37.5 Å². The van der Waals surface area contributed by atoms with Crippen molar-refractivity contribution >= 4 is 5.91 Å². The second-order valence-corrected chi connectivity index (χ2v) is 8.15. The van der Waals surface area contributed by atoms with E-state index in [1.807, 2.05) is 0 Å². The highest BCUT2D eigenvalue weighted by Gasteiger charge is 2.57. The Morgan fingerprint density at radius 2 is 1.70 bits per heavy atom. The quantitative estimate of drug-likeness (QED) is 0.840. The molecule has 0 spiro atoms. The number of hydrogen-bond acceptors (Lipinski definition) is 2. The summed E-state index contributed by atoms with van der Waals surface area (Å²) in [5.74, 6) is 2.06. The maximum atomic E-state index is 12.6. The highest BCUT2D eigenvalue weighted by atomic mass is 16.5. The van der Waals surface area contributed by atoms with Gasteiger partial charge in [0.1, 0.15) is 5.72 Å². The second kappa shape index (κ2) is 4.46. The molecule has 112 valence electrons. The summed E-state index contributed by atoms with van der Waals surface area (Å²) in [6, 6.07) is 0. The lowest BCUT2D eigenvalue weighted by Crippen LogP contribution is -2.67. The van der Waals surface area contributed by atoms with Crippen molar-refractivity contribution in [1.29, 1.82) is 0 Å². The zero-order valence-corrected chi connectivity index (χ0v) is 12.6. The number of rotatable bonds is 2. The van der Waals surface area contributed by atoms with Crippen molar-refractivity contribution in [2.75, 3.05) is 0 Å². The maximum absolute atomic E-state index is 12.6. The monoisotopic (exact) mass is 277 g/mol. The van der Waals surface area contributed by atoms with Crippen LogP contribution in [0.25, 0.3) is 0 Å². The van der Waals surface area contributed by atoms with E-state index in [0.29, 0.717) is 0 Å². The molecule has 2 aliphatic heterocycles. The summed E-state index contributed by atoms with van der Waals surface area (Å²) >= 11 is 0. The van der Waals surface area contributed by atoms with Gasteiger partial charge in [0.2, 0.25) is 5.91 Å². The van der Waals surface area contributed by atoms with E-state index in [1.54, 1.807) is 0 Å². The van der Waals surface area contributed by atoms with Crippen LogP contribution in [0.15, 0.2) is 0 Å². The Kier molecular flexibility index (Phi) is 2.93. The van der Waals surface area contributed by atoms with Crippen molar-refractivity contribution in [2.24, 2.45) is 17.8 Å². The molecule has 3 aliphatic carbocycles. The minimum absolute atomic E-state index is 0.0317. The number of hydrogen-bond donors (Lipinski definition) is 1. The van der Waals surface area contributed by atoms with E-state index < -0.39 is 0 Å². The molecule has 0 radical (unpaired) electrons. The van der Waals surface area contributed by atoms with Crippen LogP contribution in [0.5, 0.6) is 0 Å². The Balaban J connectivity index is 1.49. The smallest absolute Gasteiger partial charge is 0.225 e. The van der Waals surface area contributed by atoms with Crippen LogP contribution in [0.2, 0.25) is 0 Å². The van der Waals surface area contributed by atoms with Gasteiger partial charge >= 0.3 is 0 Å². The van der Waals surface area contributed by atoms with Crippen LogP contribution in [0.1, 0.15) is 71.1 Å². The van der Waals surface area contributed by atoms with Crippen LogP contribution < -0.4 is 5.32 Å². The summed E-state index contributed by atoms with van der Waals surface area (Å²) in [6.45, 7) is 2.26. The van der Waals surface area contributed by atoms with Gasteiger partial charge in [-0.1, -0.05) is 19.3 Å². The lowest BCUT2D eigenvalue weighted by Gasteiger charge is -2.61. The molecule has 0 aromatic rings. The zero-order chi connectivity index (χ0) is 13.8. The highest BCUT2D eigenvalue weighted by molar-refractivity contribution is 5.79. The van der Waals surface area contributed by atoms with Gasteiger partial charge in [0.25, 0.3) is 0 Å². The van der Waals surface area contributed by atoms with Gasteiger partial charge in [-0.05, 0) is 63.7 Å². The van der Waals surface area contributed by atoms with E-state index in [2.05, 4.69) is 12.2 Å². The van der Waals surface area contributed by atoms with Gasteiger partial charge in [-0.15, -0.1) is 0 Å². The van der Waals surface area contributed by atoms with Gasteiger partial charge in [0.15, 0.2) is 0 Å². The van der Waals surface area contributed by atoms with Crippen molar-refractivity contribution < 1.29 is 9.53 Å². The summed E-state index contributed by atoms with van der Waals surface area (Å²) in [5.41, 5.74) is -0.280. The Bertz CT molecular complexity index is 399. The molecule has 5 aliphatic rings. The molecular formula is C17H27NO2. The highest BCUT2D eigenvalue weighted by Crippen LogP contribution is 2.56. The van der Waals surface area contributed by atoms with E-state index in [9.17, 15) is 4.79 Å². The van der Waals surface area contributed by atoms with E-state index in [-0.39, 0.29) is 23.2 Å². The van der Waals surface area contributed by atoms with Gasteiger partial charge in [0, 0.05) is 5.92 Å². The molecule has 2 heterocycles. The van der Waals surface area contributed by atoms with Crippen LogP contribution in [0, 0.1) is 17.8 Å². The fourth-order valence-corrected chi connectivity index (χ4v) is 5.73. The van der Waals surface area contributed by atoms with Crippen molar-refractivity contribution in [2.45, 2.75) is 82.5 Å². The van der Waals surface area contributed by atoms with Gasteiger partial charge < -0.3 is 10.1 Å². The third kappa shape index (κ3) is 2.18. The minimum atomic E-state index is -0.312. The topological polar surface area (TPSA) is 38.3 Å². The normalized spacial score (nSPS) is 47.5. The lowest BCUT2D eigenvalue weighted by atomic mass is 9.60. The third-order valence-corrected chi connectivity index (χ3v) is 6.11. The first kappa shape index (κ1) is 13.1. The van der Waals surface area contributed by atoms with Crippen molar-refractivity contribution in [1.82, 2.24) is 5.32 Å². The molecule has 2 saturated heterocycles. The SMILES string of the molecule is CC12CC3CC(C1)CC(NC(=O)C1CCCCC1)(C3)O2. The number of amides is 1. The predicted molar refractivity (Wildman–Crippen MR) is 77.0 cm³/mol. The summed E-state index contributed by atoms with van der Waals surface area (Å²) < 4.78 is 6.43. The zero-order valence-electron chi connectivity index (χ0n) is 12.6. The van der Waals surface area contributed by atoms with Crippen LogP contribution in [0.3, 0.4) is 0 Å². The van der Waals surface area contributed by atoms with Crippen molar-refractivity contribution in [3.8, 4) is 0 Å². The number of ether oxygens (including phenoxy) is 1. The van der Waals surface area contributed by atoms with Crippen molar-refractivity contribution in [3.05, 3.63) is 0 Å². The molecule has 3 saturated carbocycles. The van der Waals surface area contributed by atoms with Gasteiger partial charge in [-0.25, -0.2) is 0 Å². The molecule has 2 unspecified atom stereocenters. The first-order valence-corrected chi connectivity index (χ1v) is 8.58. The summed E-state index contributed by atoms with van der Waals surface area (Å²) in [7, 11) is 0. The Morgan fingerprint density at radius 3 is 2.30 bits per heavy atom. The first-order chi connectivity index (χ1) is 9.56. The van der Waals surface area contributed by atoms with Crippen LogP contribution in [-0.4, -0.2) is 17.2 Å². The van der Waals surface area contributed by atoms with Crippen LogP contribution in [0.4, 0.5) is 0 Å². The third-order valence-electron chi connectivity index (χ3n) is 6.11. The average molecular weight is 277 g/mol. The molecule has 0 aromatic heterocycles. The van der Waals surface area contributed by atoms with Gasteiger partial charge in [-0.2, -0.15) is 0 Å². The van der Waals surface area contributed by atoms with E-state index >= 15 is 0 Å². The fraction of sp³-hybridized carbons (Fsp3) is 0.941. The predicted octanol–water partition coefficient (Wildman–Crippen LogP) is 3.38. The molecule has 1 N–H and O–H groups in total. The molecule has 2 atom stereocenters. The lowest BCUT2D eigenvalue weighted by molar-refractivity contribution is -0.277. The number of carbonyl (C=O) groups excluding carboxylic acids is 1. The molecule has 0 aromatic carbocycles.